The maximum atomic E-state index is 17.7. The lowest BCUT2D eigenvalue weighted by atomic mass is 9.79. The van der Waals surface area contributed by atoms with E-state index in [0.29, 0.717) is 13.0 Å². The fourth-order valence-corrected chi connectivity index (χ4v) is 11.0. The summed E-state index contributed by atoms with van der Waals surface area (Å²) in [6.07, 6.45) is -6.55. The highest BCUT2D eigenvalue weighted by molar-refractivity contribution is 6.02. The van der Waals surface area contributed by atoms with Crippen molar-refractivity contribution in [1.29, 1.82) is 0 Å². The lowest BCUT2D eigenvalue weighted by molar-refractivity contribution is -0.186. The molecule has 6 bridgehead atoms. The molecule has 6 aliphatic rings. The van der Waals surface area contributed by atoms with E-state index < -0.39 is 71.8 Å². The van der Waals surface area contributed by atoms with Gasteiger partial charge < -0.3 is 29.3 Å². The zero-order valence-electron chi connectivity index (χ0n) is 35.9. The van der Waals surface area contributed by atoms with Crippen LogP contribution in [0.4, 0.5) is 46.1 Å². The minimum Gasteiger partial charge on any atom is -0.461 e. The summed E-state index contributed by atoms with van der Waals surface area (Å²) < 4.78 is 126. The Labute approximate surface area is 374 Å². The number of aromatic nitrogens is 3. The third kappa shape index (κ3) is 7.75. The van der Waals surface area contributed by atoms with Crippen molar-refractivity contribution in [3.63, 3.8) is 0 Å². The number of alkyl halides is 5. The highest BCUT2D eigenvalue weighted by atomic mass is 19.4. The molecule has 2 amide bonds. The Morgan fingerprint density at radius 1 is 0.970 bits per heavy atom. The minimum absolute atomic E-state index is 0.00677. The Hall–Kier alpha value is -5.98. The van der Waals surface area contributed by atoms with Gasteiger partial charge in [-0.1, -0.05) is 36.4 Å². The quantitative estimate of drug-likeness (QED) is 0.171. The number of benzene rings is 3. The van der Waals surface area contributed by atoms with E-state index in [1.54, 1.807) is 17.9 Å². The van der Waals surface area contributed by atoms with Crippen molar-refractivity contribution in [1.82, 2.24) is 30.1 Å². The van der Waals surface area contributed by atoms with Crippen LogP contribution in [-0.4, -0.2) is 119 Å². The number of nitrogens with one attached hydrogen (secondary N) is 1. The molecule has 12 nitrogen and oxygen atoms in total. The van der Waals surface area contributed by atoms with Crippen molar-refractivity contribution >= 4 is 39.7 Å². The van der Waals surface area contributed by atoms with Crippen molar-refractivity contribution in [2.24, 2.45) is 0 Å². The number of carbonyl (C=O) groups is 2. The average molecular weight is 922 g/mol. The van der Waals surface area contributed by atoms with Gasteiger partial charge in [-0.25, -0.2) is 27.2 Å². The van der Waals surface area contributed by atoms with E-state index in [2.05, 4.69) is 20.3 Å². The summed E-state index contributed by atoms with van der Waals surface area (Å²) in [6, 6.07) is 12.3. The first-order chi connectivity index (χ1) is 31.5. The topological polar surface area (TPSA) is 122 Å². The van der Waals surface area contributed by atoms with E-state index >= 15 is 13.2 Å². The zero-order chi connectivity index (χ0) is 46.2. The van der Waals surface area contributed by atoms with Crippen molar-refractivity contribution in [2.75, 3.05) is 57.4 Å². The van der Waals surface area contributed by atoms with Gasteiger partial charge in [0, 0.05) is 50.8 Å². The second-order valence-corrected chi connectivity index (χ2v) is 18.6. The Balaban J connectivity index is 1.09. The normalized spacial score (nSPS) is 27.0. The molecular weight excluding hydrogens is 876 g/mol. The van der Waals surface area contributed by atoms with Crippen molar-refractivity contribution in [3.8, 4) is 23.0 Å². The van der Waals surface area contributed by atoms with E-state index in [0.717, 1.165) is 11.3 Å². The molecule has 0 spiro atoms. The van der Waals surface area contributed by atoms with Crippen molar-refractivity contribution in [3.05, 3.63) is 83.6 Å². The summed E-state index contributed by atoms with van der Waals surface area (Å²) in [5.41, 5.74) is -4.76. The number of fused-ring (bicyclic) bond motifs is 7. The number of piperidine rings is 1. The predicted octanol–water partition coefficient (Wildman–Crippen LogP) is 8.76. The summed E-state index contributed by atoms with van der Waals surface area (Å²) >= 11 is 0. The molecule has 0 unspecified atom stereocenters. The number of nitrogens with zero attached hydrogens (tertiary/aromatic N) is 6. The standard InChI is InChI=1S/C47H46F7N7O5/c1-44-19-29(48)22-60(24-44)40-34-21-55-38(37(51)39(34)56-41(57-40)65-26-45-12-6-14-61(45)23-30(49)20-45)33-18-31(17-27-10-11-35(50)32(36(27)33)9-5-16-64-42(62)58-44)66-43(63)59-15-13-46(25-59,47(52,53)54)28-7-3-2-4-8-28/h2-4,7-8,10-11,17-18,21,29-30H,5-6,9,12-16,19-20,22-26H2,1H3,(H,58,62)/t29-,30-,44-,45+,46+/m1/s1. The fourth-order valence-electron chi connectivity index (χ4n) is 11.0. The van der Waals surface area contributed by atoms with Gasteiger partial charge in [-0.2, -0.15) is 23.1 Å². The van der Waals surface area contributed by atoms with E-state index in [1.807, 2.05) is 4.90 Å². The highest BCUT2D eigenvalue weighted by Crippen LogP contribution is 2.48. The summed E-state index contributed by atoms with van der Waals surface area (Å²) in [5.74, 6) is -1.83. The number of anilines is 1. The molecule has 5 atom stereocenters. The summed E-state index contributed by atoms with van der Waals surface area (Å²) in [5, 5.41) is 3.28. The van der Waals surface area contributed by atoms with Crippen LogP contribution in [0.3, 0.4) is 0 Å². The fraction of sp³-hybridized carbons (Fsp3) is 0.468. The molecule has 11 rings (SSSR count). The van der Waals surface area contributed by atoms with Gasteiger partial charge in [-0.15, -0.1) is 0 Å². The molecule has 3 aromatic carbocycles. The third-order valence-electron chi connectivity index (χ3n) is 14.0. The van der Waals surface area contributed by atoms with E-state index in [9.17, 15) is 27.2 Å². The Morgan fingerprint density at radius 3 is 2.58 bits per heavy atom. The Kier molecular flexibility index (Phi) is 10.9. The average Bonchev–Trinajstić information content (AvgIpc) is 3.98. The van der Waals surface area contributed by atoms with Crippen LogP contribution in [0.1, 0.15) is 56.6 Å². The Bertz CT molecular complexity index is 2730. The van der Waals surface area contributed by atoms with Crippen LogP contribution < -0.4 is 19.7 Å². The monoisotopic (exact) mass is 921 g/mol. The first-order valence-electron chi connectivity index (χ1n) is 22.1. The SMILES string of the molecule is C[C@@]12C[C@@H](F)CN(C1)c1nc(OC[C@@]34CCCN3C[C@H](F)C4)nc3c(F)c(ncc13)-c1cc(OC(=O)N3CC[C@](c4ccccc4)(C(F)(F)F)C3)cc3ccc(F)c(c13)CCCOC(=O)N2. The number of alkyl carbamates (subject to hydrolysis) is 1. The van der Waals surface area contributed by atoms with E-state index in [1.165, 1.54) is 54.7 Å². The zero-order valence-corrected chi connectivity index (χ0v) is 35.9. The van der Waals surface area contributed by atoms with Crippen molar-refractivity contribution < 1.29 is 54.5 Å². The molecule has 8 heterocycles. The summed E-state index contributed by atoms with van der Waals surface area (Å²) in [6.45, 7) is 1.23. The van der Waals surface area contributed by atoms with Gasteiger partial charge in [0.15, 0.2) is 5.82 Å². The van der Waals surface area contributed by atoms with Crippen molar-refractivity contribution in [2.45, 2.75) is 86.9 Å². The number of hydrogen-bond acceptors (Lipinski definition) is 10. The smallest absolute Gasteiger partial charge is 0.415 e. The number of aryl methyl sites for hydroxylation is 1. The van der Waals surface area contributed by atoms with Crippen LogP contribution in [0.2, 0.25) is 0 Å². The first-order valence-corrected chi connectivity index (χ1v) is 22.1. The maximum absolute atomic E-state index is 17.7. The predicted molar refractivity (Wildman–Crippen MR) is 228 cm³/mol. The molecule has 6 aliphatic heterocycles. The lowest BCUT2D eigenvalue weighted by Gasteiger charge is -2.42. The van der Waals surface area contributed by atoms with Gasteiger partial charge in [0.05, 0.1) is 29.6 Å². The van der Waals surface area contributed by atoms with Crippen LogP contribution in [0.25, 0.3) is 32.9 Å². The maximum Gasteiger partial charge on any atom is 0.415 e. The molecule has 2 aromatic heterocycles. The van der Waals surface area contributed by atoms with Gasteiger partial charge in [0.2, 0.25) is 0 Å². The number of hydrogen-bond donors (Lipinski definition) is 1. The molecule has 0 radical (unpaired) electrons. The molecule has 348 valence electrons. The van der Waals surface area contributed by atoms with E-state index in [4.69, 9.17) is 14.2 Å². The number of halogens is 7. The molecule has 19 heteroatoms. The molecule has 0 saturated carbocycles. The van der Waals surface area contributed by atoms with Gasteiger partial charge >= 0.3 is 24.4 Å². The molecule has 4 fully saturated rings. The van der Waals surface area contributed by atoms with Gasteiger partial charge in [-0.05, 0) is 85.7 Å². The summed E-state index contributed by atoms with van der Waals surface area (Å²) in [7, 11) is 0. The number of ether oxygens (including phenoxy) is 3. The van der Waals surface area contributed by atoms with Crippen LogP contribution in [0.5, 0.6) is 11.8 Å². The molecule has 4 saturated heterocycles. The highest BCUT2D eigenvalue weighted by Gasteiger charge is 2.60. The number of rotatable bonds is 5. The number of carbonyl (C=O) groups excluding carboxylic acids is 2. The van der Waals surface area contributed by atoms with Crippen LogP contribution in [0.15, 0.2) is 60.8 Å². The van der Waals surface area contributed by atoms with E-state index in [-0.39, 0.29) is 127 Å². The third-order valence-corrected chi connectivity index (χ3v) is 14.0. The second-order valence-electron chi connectivity index (χ2n) is 18.6. The molecule has 1 N–H and O–H groups in total. The number of likely N-dealkylation sites (tertiary alicyclic amines) is 1. The first kappa shape index (κ1) is 43.9. The van der Waals surface area contributed by atoms with Crippen LogP contribution in [-0.2, 0) is 16.6 Å². The van der Waals surface area contributed by atoms with Crippen LogP contribution >= 0.6 is 0 Å². The minimum atomic E-state index is -4.70. The molecular formula is C47H46F7N7O5. The summed E-state index contributed by atoms with van der Waals surface area (Å²) in [4.78, 5) is 45.3. The molecule has 66 heavy (non-hydrogen) atoms. The lowest BCUT2D eigenvalue weighted by Crippen LogP contribution is -2.60. The second kappa shape index (κ2) is 16.4. The number of amides is 2. The van der Waals surface area contributed by atoms with Gasteiger partial charge in [0.1, 0.15) is 53.0 Å². The number of pyridine rings is 1. The largest absolute Gasteiger partial charge is 0.461 e. The van der Waals surface area contributed by atoms with Crippen LogP contribution in [0, 0.1) is 11.6 Å². The molecule has 5 aromatic rings. The Morgan fingerprint density at radius 2 is 1.77 bits per heavy atom. The van der Waals surface area contributed by atoms with Gasteiger partial charge in [0.25, 0.3) is 0 Å². The van der Waals surface area contributed by atoms with Gasteiger partial charge in [-0.3, -0.25) is 9.88 Å². The molecule has 0 aliphatic carbocycles.